The average molecular weight is 271 g/mol. The summed E-state index contributed by atoms with van der Waals surface area (Å²) in [5.41, 5.74) is 1.03. The minimum absolute atomic E-state index is 0.126. The third-order valence-electron chi connectivity index (χ3n) is 3.49. The minimum atomic E-state index is -1.26. The third-order valence-corrected chi connectivity index (χ3v) is 3.49. The molecule has 0 aromatic heterocycles. The molecule has 0 radical (unpaired) electrons. The molecule has 4 nitrogen and oxygen atoms in total. The van der Waals surface area contributed by atoms with Crippen molar-refractivity contribution in [1.82, 2.24) is 4.90 Å². The zero-order chi connectivity index (χ0) is 14.0. The van der Waals surface area contributed by atoms with Gasteiger partial charge in [0.25, 0.3) is 5.91 Å². The van der Waals surface area contributed by atoms with Crippen molar-refractivity contribution >= 4 is 12.0 Å². The van der Waals surface area contributed by atoms with Crippen LogP contribution in [0.3, 0.4) is 0 Å². The first-order valence-electron chi connectivity index (χ1n) is 6.82. The van der Waals surface area contributed by atoms with Gasteiger partial charge < -0.3 is 14.4 Å². The van der Waals surface area contributed by atoms with E-state index in [0.29, 0.717) is 25.5 Å². The van der Waals surface area contributed by atoms with E-state index in [4.69, 9.17) is 9.47 Å². The van der Waals surface area contributed by atoms with Crippen molar-refractivity contribution in [2.75, 3.05) is 19.7 Å². The van der Waals surface area contributed by atoms with Crippen molar-refractivity contribution in [2.24, 2.45) is 0 Å². The van der Waals surface area contributed by atoms with E-state index in [1.165, 1.54) is 0 Å². The molecule has 2 aliphatic heterocycles. The van der Waals surface area contributed by atoms with Crippen molar-refractivity contribution in [3.63, 3.8) is 0 Å². The summed E-state index contributed by atoms with van der Waals surface area (Å²) in [6.45, 7) is 3.73. The molecular weight excluding hydrogens is 254 g/mol. The van der Waals surface area contributed by atoms with Crippen molar-refractivity contribution in [3.05, 3.63) is 53.8 Å². The number of hydrogen-bond donors (Lipinski definition) is 0. The number of carbonyl (C=O) groups is 1. The molecule has 1 atom stereocenters. The Morgan fingerprint density at radius 2 is 2.15 bits per heavy atom. The molecule has 1 fully saturated rings. The summed E-state index contributed by atoms with van der Waals surface area (Å²) in [7, 11) is 0. The molecule has 104 valence electrons. The predicted octanol–water partition coefficient (Wildman–Crippen LogP) is 2.19. The van der Waals surface area contributed by atoms with Gasteiger partial charge in [0, 0.05) is 19.2 Å². The van der Waals surface area contributed by atoms with Gasteiger partial charge >= 0.3 is 5.79 Å². The first-order valence-corrected chi connectivity index (χ1v) is 6.82. The smallest absolute Gasteiger partial charge is 0.311 e. The molecule has 1 spiro atoms. The van der Waals surface area contributed by atoms with Crippen LogP contribution in [-0.2, 0) is 14.3 Å². The molecule has 1 amide bonds. The molecule has 0 aliphatic carbocycles. The van der Waals surface area contributed by atoms with Crippen molar-refractivity contribution in [3.8, 4) is 0 Å². The standard InChI is InChI=1S/C16H17NO3/c1-2-17-10-11-19-16(15(17)18)9-8-14(20-16)12-13-6-4-3-5-7-13/h3-9,12H,2,10-11H2,1H3/b14-12-. The van der Waals surface area contributed by atoms with E-state index in [0.717, 1.165) is 5.56 Å². The second kappa shape index (κ2) is 5.13. The molecule has 2 heterocycles. The SMILES string of the molecule is CCN1CCOC2(C=C/C(=C/c3ccccc3)O2)C1=O. The molecule has 1 saturated heterocycles. The van der Waals surface area contributed by atoms with Crippen LogP contribution in [0.1, 0.15) is 12.5 Å². The van der Waals surface area contributed by atoms with Crippen LogP contribution in [0.5, 0.6) is 0 Å². The average Bonchev–Trinajstić information content (AvgIpc) is 2.87. The summed E-state index contributed by atoms with van der Waals surface area (Å²) >= 11 is 0. The third kappa shape index (κ3) is 2.23. The lowest BCUT2D eigenvalue weighted by atomic mass is 10.2. The number of hydrogen-bond acceptors (Lipinski definition) is 3. The highest BCUT2D eigenvalue weighted by atomic mass is 16.7. The van der Waals surface area contributed by atoms with Gasteiger partial charge in [0.05, 0.1) is 6.61 Å². The van der Waals surface area contributed by atoms with Crippen LogP contribution >= 0.6 is 0 Å². The Hall–Kier alpha value is -2.07. The lowest BCUT2D eigenvalue weighted by Gasteiger charge is -2.36. The summed E-state index contributed by atoms with van der Waals surface area (Å²) < 4.78 is 11.4. The summed E-state index contributed by atoms with van der Waals surface area (Å²) in [6, 6.07) is 9.85. The van der Waals surface area contributed by atoms with E-state index in [-0.39, 0.29) is 5.91 Å². The Balaban J connectivity index is 1.81. The zero-order valence-corrected chi connectivity index (χ0v) is 11.4. The highest BCUT2D eigenvalue weighted by Gasteiger charge is 2.48. The Morgan fingerprint density at radius 3 is 2.90 bits per heavy atom. The van der Waals surface area contributed by atoms with Gasteiger partial charge in [-0.1, -0.05) is 30.3 Å². The maximum absolute atomic E-state index is 12.4. The molecule has 1 aromatic carbocycles. The zero-order valence-electron chi connectivity index (χ0n) is 11.4. The Morgan fingerprint density at radius 1 is 1.35 bits per heavy atom. The lowest BCUT2D eigenvalue weighted by molar-refractivity contribution is -0.213. The molecule has 0 N–H and O–H groups in total. The van der Waals surface area contributed by atoms with E-state index < -0.39 is 5.79 Å². The number of rotatable bonds is 2. The molecule has 1 aromatic rings. The first kappa shape index (κ1) is 12.9. The highest BCUT2D eigenvalue weighted by Crippen LogP contribution is 2.32. The summed E-state index contributed by atoms with van der Waals surface area (Å²) in [4.78, 5) is 14.1. The molecular formula is C16H17NO3. The Kier molecular flexibility index (Phi) is 3.32. The van der Waals surface area contributed by atoms with Crippen molar-refractivity contribution in [2.45, 2.75) is 12.7 Å². The molecule has 20 heavy (non-hydrogen) atoms. The number of ether oxygens (including phenoxy) is 2. The quantitative estimate of drug-likeness (QED) is 0.827. The van der Waals surface area contributed by atoms with E-state index in [1.54, 1.807) is 17.1 Å². The molecule has 0 bridgehead atoms. The monoisotopic (exact) mass is 271 g/mol. The number of amides is 1. The van der Waals surface area contributed by atoms with E-state index in [2.05, 4.69) is 0 Å². The number of likely N-dealkylation sites (N-methyl/N-ethyl adjacent to an activating group) is 1. The largest absolute Gasteiger partial charge is 0.450 e. The number of carbonyl (C=O) groups excluding carboxylic acids is 1. The van der Waals surface area contributed by atoms with Gasteiger partial charge in [-0.3, -0.25) is 4.79 Å². The van der Waals surface area contributed by atoms with Gasteiger partial charge in [-0.05, 0) is 24.6 Å². The fourth-order valence-corrected chi connectivity index (χ4v) is 2.41. The molecule has 3 rings (SSSR count). The highest BCUT2D eigenvalue weighted by molar-refractivity contribution is 5.87. The summed E-state index contributed by atoms with van der Waals surface area (Å²) in [5.74, 6) is -0.740. The van der Waals surface area contributed by atoms with Crippen LogP contribution < -0.4 is 0 Å². The van der Waals surface area contributed by atoms with Gasteiger partial charge in [0.15, 0.2) is 0 Å². The van der Waals surface area contributed by atoms with Gasteiger partial charge in [-0.15, -0.1) is 0 Å². The van der Waals surface area contributed by atoms with Gasteiger partial charge in [-0.25, -0.2) is 0 Å². The van der Waals surface area contributed by atoms with Crippen molar-refractivity contribution in [1.29, 1.82) is 0 Å². The number of allylic oxidation sites excluding steroid dienone is 1. The van der Waals surface area contributed by atoms with Gasteiger partial charge in [0.2, 0.25) is 0 Å². The van der Waals surface area contributed by atoms with Crippen LogP contribution in [0, 0.1) is 0 Å². The van der Waals surface area contributed by atoms with E-state index >= 15 is 0 Å². The fourth-order valence-electron chi connectivity index (χ4n) is 2.41. The van der Waals surface area contributed by atoms with Crippen LogP contribution in [0.25, 0.3) is 6.08 Å². The van der Waals surface area contributed by atoms with Gasteiger partial charge in [-0.2, -0.15) is 0 Å². The normalized spacial score (nSPS) is 27.4. The maximum Gasteiger partial charge on any atom is 0.311 e. The number of morpholine rings is 1. The fraction of sp³-hybridized carbons (Fsp3) is 0.312. The lowest BCUT2D eigenvalue weighted by Crippen LogP contribution is -2.55. The summed E-state index contributed by atoms with van der Waals surface area (Å²) in [6.07, 6.45) is 5.39. The van der Waals surface area contributed by atoms with Crippen LogP contribution in [0.4, 0.5) is 0 Å². The molecule has 2 aliphatic rings. The van der Waals surface area contributed by atoms with Crippen LogP contribution in [-0.4, -0.2) is 36.3 Å². The molecule has 4 heteroatoms. The van der Waals surface area contributed by atoms with E-state index in [1.807, 2.05) is 43.3 Å². The molecule has 0 saturated carbocycles. The molecule has 1 unspecified atom stereocenters. The van der Waals surface area contributed by atoms with Crippen LogP contribution in [0.2, 0.25) is 0 Å². The van der Waals surface area contributed by atoms with E-state index in [9.17, 15) is 4.79 Å². The van der Waals surface area contributed by atoms with Crippen molar-refractivity contribution < 1.29 is 14.3 Å². The minimum Gasteiger partial charge on any atom is -0.450 e. The Bertz CT molecular complexity index is 564. The van der Waals surface area contributed by atoms with Crippen LogP contribution in [0.15, 0.2) is 48.2 Å². The topological polar surface area (TPSA) is 38.8 Å². The second-order valence-corrected chi connectivity index (χ2v) is 4.79. The number of benzene rings is 1. The first-order chi connectivity index (χ1) is 9.73. The summed E-state index contributed by atoms with van der Waals surface area (Å²) in [5, 5.41) is 0. The maximum atomic E-state index is 12.4. The Labute approximate surface area is 118 Å². The predicted molar refractivity (Wildman–Crippen MR) is 75.6 cm³/mol. The second-order valence-electron chi connectivity index (χ2n) is 4.79. The van der Waals surface area contributed by atoms with Gasteiger partial charge in [0.1, 0.15) is 5.76 Å². The number of nitrogens with zero attached hydrogens (tertiary/aromatic N) is 1.